The van der Waals surface area contributed by atoms with Crippen molar-refractivity contribution in [2.24, 2.45) is 11.1 Å². The van der Waals surface area contributed by atoms with Crippen LogP contribution < -0.4 is 21.1 Å². The van der Waals surface area contributed by atoms with Crippen molar-refractivity contribution in [1.82, 2.24) is 15.5 Å². The molecule has 204 valence electrons. The van der Waals surface area contributed by atoms with Gasteiger partial charge in [-0.2, -0.15) is 0 Å². The summed E-state index contributed by atoms with van der Waals surface area (Å²) in [6, 6.07) is 17.7. The quantitative estimate of drug-likeness (QED) is 0.228. The highest BCUT2D eigenvalue weighted by Crippen LogP contribution is 2.34. The van der Waals surface area contributed by atoms with Gasteiger partial charge in [0.2, 0.25) is 11.8 Å². The summed E-state index contributed by atoms with van der Waals surface area (Å²) in [4.78, 5) is 41.2. The number of rotatable bonds is 10. The lowest BCUT2D eigenvalue weighted by Crippen LogP contribution is -2.48. The highest BCUT2D eigenvalue weighted by atomic mass is 32.1. The van der Waals surface area contributed by atoms with Gasteiger partial charge in [-0.25, -0.2) is 0 Å². The summed E-state index contributed by atoms with van der Waals surface area (Å²) in [5.74, 6) is -0.320. The number of carbonyl (C=O) groups is 3. The van der Waals surface area contributed by atoms with E-state index in [0.717, 1.165) is 10.4 Å². The molecule has 4 rings (SSSR count). The number of nitrogens with one attached hydrogen (secondary N) is 3. The second-order valence-corrected chi connectivity index (χ2v) is 11.3. The smallest absolute Gasteiger partial charge is 0.251 e. The molecule has 1 saturated heterocycles. The van der Waals surface area contributed by atoms with E-state index in [2.05, 4.69) is 10.6 Å². The van der Waals surface area contributed by atoms with Gasteiger partial charge in [0.05, 0.1) is 13.1 Å². The molecule has 0 saturated carbocycles. The second-order valence-electron chi connectivity index (χ2n) is 10.3. The molecule has 3 amide bonds. The average Bonchev–Trinajstić information content (AvgIpc) is 3.54. The molecule has 1 fully saturated rings. The minimum absolute atomic E-state index is 0.0208. The van der Waals surface area contributed by atoms with Gasteiger partial charge in [0.15, 0.2) is 0 Å². The first-order valence-corrected chi connectivity index (χ1v) is 13.5. The lowest BCUT2D eigenvalue weighted by atomic mass is 9.90. The Morgan fingerprint density at radius 3 is 2.46 bits per heavy atom. The van der Waals surface area contributed by atoms with E-state index in [1.807, 2.05) is 44.2 Å². The van der Waals surface area contributed by atoms with Crippen molar-refractivity contribution in [3.63, 3.8) is 0 Å². The van der Waals surface area contributed by atoms with Crippen LogP contribution in [0, 0.1) is 10.8 Å². The van der Waals surface area contributed by atoms with Crippen molar-refractivity contribution >= 4 is 34.9 Å². The molecule has 1 aliphatic rings. The number of thiophene rings is 1. The van der Waals surface area contributed by atoms with Crippen molar-refractivity contribution in [2.75, 3.05) is 13.1 Å². The molecule has 1 aliphatic heterocycles. The van der Waals surface area contributed by atoms with Crippen LogP contribution >= 0.6 is 11.3 Å². The van der Waals surface area contributed by atoms with Crippen molar-refractivity contribution in [3.05, 3.63) is 87.6 Å². The van der Waals surface area contributed by atoms with E-state index in [-0.39, 0.29) is 42.1 Å². The van der Waals surface area contributed by atoms with E-state index in [1.54, 1.807) is 40.6 Å². The molecule has 0 radical (unpaired) electrons. The number of benzene rings is 2. The third-order valence-electron chi connectivity index (χ3n) is 6.51. The minimum Gasteiger partial charge on any atom is -0.489 e. The first-order valence-electron chi connectivity index (χ1n) is 12.7. The molecule has 3 aromatic rings. The van der Waals surface area contributed by atoms with Crippen molar-refractivity contribution in [1.29, 1.82) is 5.41 Å². The Hall–Kier alpha value is -4.18. The number of hydrogen-bond donors (Lipinski definition) is 4. The molecule has 0 unspecified atom stereocenters. The second kappa shape index (κ2) is 12.1. The molecule has 2 aromatic carbocycles. The molecule has 5 N–H and O–H groups in total. The molecular weight excluding hydrogens is 514 g/mol. The monoisotopic (exact) mass is 547 g/mol. The van der Waals surface area contributed by atoms with E-state index in [0.29, 0.717) is 36.4 Å². The molecule has 0 bridgehead atoms. The fourth-order valence-electron chi connectivity index (χ4n) is 4.48. The van der Waals surface area contributed by atoms with Gasteiger partial charge in [-0.05, 0) is 47.7 Å². The van der Waals surface area contributed by atoms with E-state index >= 15 is 0 Å². The van der Waals surface area contributed by atoms with E-state index in [9.17, 15) is 14.4 Å². The molecule has 0 spiro atoms. The zero-order chi connectivity index (χ0) is 28.0. The van der Waals surface area contributed by atoms with Crippen molar-refractivity contribution in [2.45, 2.75) is 39.5 Å². The summed E-state index contributed by atoms with van der Waals surface area (Å²) in [6.07, 6.45) is 0.520. The highest BCUT2D eigenvalue weighted by Gasteiger charge is 2.43. The zero-order valence-corrected chi connectivity index (χ0v) is 22.8. The number of ether oxygens (including phenoxy) is 1. The topological polar surface area (TPSA) is 138 Å². The summed E-state index contributed by atoms with van der Waals surface area (Å²) in [6.45, 7) is 4.95. The fourth-order valence-corrected chi connectivity index (χ4v) is 5.30. The fraction of sp³-hybridized carbons (Fsp3) is 0.310. The van der Waals surface area contributed by atoms with Crippen LogP contribution in [0.25, 0.3) is 0 Å². The van der Waals surface area contributed by atoms with Gasteiger partial charge in [0.1, 0.15) is 24.2 Å². The third kappa shape index (κ3) is 7.44. The Bertz CT molecular complexity index is 1340. The summed E-state index contributed by atoms with van der Waals surface area (Å²) in [5, 5.41) is 14.9. The van der Waals surface area contributed by atoms with Crippen LogP contribution in [0.5, 0.6) is 5.75 Å². The van der Waals surface area contributed by atoms with E-state index in [1.165, 1.54) is 11.3 Å². The van der Waals surface area contributed by atoms with Gasteiger partial charge in [-0.3, -0.25) is 19.8 Å². The van der Waals surface area contributed by atoms with Crippen LogP contribution in [-0.2, 0) is 22.7 Å². The Balaban J connectivity index is 1.29. The lowest BCUT2D eigenvalue weighted by molar-refractivity contribution is -0.137. The maximum absolute atomic E-state index is 13.1. The maximum Gasteiger partial charge on any atom is 0.251 e. The SMILES string of the molecule is CC1(C)C[C@@H](C(=O)NCc2cc(C(=N)N)cs2)N(C(=O)CNC(=O)c2ccc(OCc3ccccc3)cc2)C1. The molecule has 9 nitrogen and oxygen atoms in total. The Morgan fingerprint density at radius 1 is 1.08 bits per heavy atom. The summed E-state index contributed by atoms with van der Waals surface area (Å²) < 4.78 is 5.76. The molecule has 1 aromatic heterocycles. The van der Waals surface area contributed by atoms with Crippen molar-refractivity contribution in [3.8, 4) is 5.75 Å². The average molecular weight is 548 g/mol. The van der Waals surface area contributed by atoms with Crippen LogP contribution in [0.3, 0.4) is 0 Å². The molecular formula is C29H33N5O4S. The van der Waals surface area contributed by atoms with Gasteiger partial charge in [0, 0.05) is 27.9 Å². The van der Waals surface area contributed by atoms with Crippen molar-refractivity contribution < 1.29 is 19.1 Å². The summed E-state index contributed by atoms with van der Waals surface area (Å²) >= 11 is 1.41. The van der Waals surface area contributed by atoms with Gasteiger partial charge < -0.3 is 26.0 Å². The van der Waals surface area contributed by atoms with Crippen LogP contribution in [0.4, 0.5) is 0 Å². The zero-order valence-electron chi connectivity index (χ0n) is 22.0. The van der Waals surface area contributed by atoms with Crippen LogP contribution in [0.1, 0.15) is 46.6 Å². The van der Waals surface area contributed by atoms with Crippen LogP contribution in [-0.4, -0.2) is 47.6 Å². The number of hydrogen-bond acceptors (Lipinski definition) is 6. The molecule has 1 atom stereocenters. The largest absolute Gasteiger partial charge is 0.489 e. The number of nitrogen functional groups attached to an aromatic ring is 1. The Morgan fingerprint density at radius 2 is 1.79 bits per heavy atom. The molecule has 39 heavy (non-hydrogen) atoms. The minimum atomic E-state index is -0.627. The lowest BCUT2D eigenvalue weighted by Gasteiger charge is -2.24. The van der Waals surface area contributed by atoms with E-state index in [4.69, 9.17) is 15.9 Å². The number of amidine groups is 1. The number of nitrogens with zero attached hydrogens (tertiary/aromatic N) is 1. The number of carbonyl (C=O) groups excluding carboxylic acids is 3. The first kappa shape index (κ1) is 27.8. The van der Waals surface area contributed by atoms with Gasteiger partial charge >= 0.3 is 0 Å². The van der Waals surface area contributed by atoms with Crippen LogP contribution in [0.2, 0.25) is 0 Å². The van der Waals surface area contributed by atoms with Gasteiger partial charge in [0.25, 0.3) is 5.91 Å². The number of amides is 3. The predicted molar refractivity (Wildman–Crippen MR) is 151 cm³/mol. The molecule has 0 aliphatic carbocycles. The summed E-state index contributed by atoms with van der Waals surface area (Å²) in [7, 11) is 0. The molecule has 10 heteroatoms. The third-order valence-corrected chi connectivity index (χ3v) is 7.45. The normalized spacial score (nSPS) is 15.9. The molecule has 2 heterocycles. The predicted octanol–water partition coefficient (Wildman–Crippen LogP) is 3.28. The van der Waals surface area contributed by atoms with Gasteiger partial charge in [-0.15, -0.1) is 11.3 Å². The Kier molecular flexibility index (Phi) is 8.65. The highest BCUT2D eigenvalue weighted by molar-refractivity contribution is 7.10. The number of likely N-dealkylation sites (tertiary alicyclic amines) is 1. The summed E-state index contributed by atoms with van der Waals surface area (Å²) in [5.41, 5.74) is 7.35. The standard InChI is InChI=1S/C29H33N5O4S/c1-29(2)13-24(28(37)32-14-23-12-21(17-39-23)26(30)31)34(18-29)25(35)15-33-27(36)20-8-10-22(11-9-20)38-16-19-6-4-3-5-7-19/h3-12,17,24H,13-16,18H2,1-2H3,(H3,30,31)(H,32,37)(H,33,36)/t24-/m0/s1. The van der Waals surface area contributed by atoms with Crippen LogP contribution in [0.15, 0.2) is 66.0 Å². The number of nitrogens with two attached hydrogens (primary N) is 1. The van der Waals surface area contributed by atoms with Gasteiger partial charge in [-0.1, -0.05) is 44.2 Å². The first-order chi connectivity index (χ1) is 18.6. The van der Waals surface area contributed by atoms with E-state index < -0.39 is 6.04 Å². The Labute approximate surface area is 231 Å². The maximum atomic E-state index is 13.1.